The molecule has 160 valence electrons. The van der Waals surface area contributed by atoms with Crippen molar-refractivity contribution in [2.45, 2.75) is 33.1 Å². The second kappa shape index (κ2) is 8.42. The number of para-hydroxylation sites is 1. The lowest BCUT2D eigenvalue weighted by Gasteiger charge is -2.24. The number of hydrogen-bond donors (Lipinski definition) is 2. The van der Waals surface area contributed by atoms with E-state index >= 15 is 0 Å². The predicted molar refractivity (Wildman–Crippen MR) is 101 cm³/mol. The molecule has 0 saturated carbocycles. The Hall–Kier alpha value is -2.34. The van der Waals surface area contributed by atoms with Crippen LogP contribution in [0.5, 0.6) is 0 Å². The van der Waals surface area contributed by atoms with Gasteiger partial charge in [0.1, 0.15) is 0 Å². The van der Waals surface area contributed by atoms with Crippen LogP contribution in [0.15, 0.2) is 52.3 Å². The van der Waals surface area contributed by atoms with Crippen molar-refractivity contribution >= 4 is 46.7 Å². The minimum atomic E-state index is -4.57. The molecule has 0 bridgehead atoms. The number of nitrogens with one attached hydrogen (secondary N) is 2. The van der Waals surface area contributed by atoms with E-state index in [1.165, 1.54) is 30.3 Å². The molecule has 0 fully saturated rings. The zero-order chi connectivity index (χ0) is 22.1. The lowest BCUT2D eigenvalue weighted by molar-refractivity contribution is -0.137. The number of rotatable bonds is 4. The van der Waals surface area contributed by atoms with E-state index in [-0.39, 0.29) is 34.5 Å². The van der Waals surface area contributed by atoms with Gasteiger partial charge >= 0.3 is 11.7 Å². The number of carbonyl (C=O) groups excluding carboxylic acids is 2. The van der Waals surface area contributed by atoms with Gasteiger partial charge in [-0.2, -0.15) is 26.3 Å². The van der Waals surface area contributed by atoms with Gasteiger partial charge in [0.25, 0.3) is 0 Å². The fraction of sp³-hybridized carbons (Fsp3) is 0.222. The van der Waals surface area contributed by atoms with Crippen LogP contribution >= 0.6 is 23.5 Å². The molecule has 0 spiro atoms. The molecule has 2 amide bonds. The lowest BCUT2D eigenvalue weighted by Crippen LogP contribution is -2.32. The molecule has 0 saturated heterocycles. The third-order valence-electron chi connectivity index (χ3n) is 3.88. The number of fused-ring (bicyclic) bond motifs is 1. The molecule has 30 heavy (non-hydrogen) atoms. The van der Waals surface area contributed by atoms with E-state index in [2.05, 4.69) is 10.6 Å². The summed E-state index contributed by atoms with van der Waals surface area (Å²) in [7, 11) is 0. The smallest absolute Gasteiger partial charge is 0.325 e. The molecule has 2 aromatic carbocycles. The van der Waals surface area contributed by atoms with Crippen molar-refractivity contribution in [2.24, 2.45) is 0 Å². The van der Waals surface area contributed by atoms with Gasteiger partial charge in [0.15, 0.2) is 0 Å². The fourth-order valence-electron chi connectivity index (χ4n) is 2.61. The first-order valence-electron chi connectivity index (χ1n) is 8.26. The molecule has 1 atom stereocenters. The van der Waals surface area contributed by atoms with E-state index in [0.717, 1.165) is 23.9 Å². The Bertz CT molecular complexity index is 978. The largest absolute Gasteiger partial charge is 0.446 e. The molecule has 2 N–H and O–H groups in total. The maximum atomic E-state index is 12.8. The van der Waals surface area contributed by atoms with Gasteiger partial charge in [-0.25, -0.2) is 0 Å². The average Bonchev–Trinajstić information content (AvgIpc) is 2.61. The number of anilines is 2. The number of alkyl halides is 6. The summed E-state index contributed by atoms with van der Waals surface area (Å²) in [6, 6.07) is 8.21. The Balaban J connectivity index is 1.69. The maximum absolute atomic E-state index is 12.8. The highest BCUT2D eigenvalue weighted by molar-refractivity contribution is 8.01. The van der Waals surface area contributed by atoms with Crippen LogP contribution in [0.4, 0.5) is 37.7 Å². The summed E-state index contributed by atoms with van der Waals surface area (Å²) in [5.41, 5.74) is -5.53. The Morgan fingerprint density at radius 3 is 2.47 bits per heavy atom. The lowest BCUT2D eigenvalue weighted by atomic mass is 10.1. The van der Waals surface area contributed by atoms with Crippen molar-refractivity contribution in [1.82, 2.24) is 0 Å². The minimum absolute atomic E-state index is 0.0107. The highest BCUT2D eigenvalue weighted by Gasteiger charge is 2.35. The zero-order valence-electron chi connectivity index (χ0n) is 14.7. The van der Waals surface area contributed by atoms with Crippen LogP contribution in [0.1, 0.15) is 12.0 Å². The predicted octanol–water partition coefficient (Wildman–Crippen LogP) is 5.76. The van der Waals surface area contributed by atoms with Crippen molar-refractivity contribution in [2.75, 3.05) is 10.6 Å². The van der Waals surface area contributed by atoms with Crippen molar-refractivity contribution in [3.05, 3.63) is 48.0 Å². The van der Waals surface area contributed by atoms with E-state index in [1.807, 2.05) is 0 Å². The first kappa shape index (κ1) is 22.3. The molecule has 0 unspecified atom stereocenters. The van der Waals surface area contributed by atoms with Gasteiger partial charge in [-0.1, -0.05) is 12.1 Å². The Labute approximate surface area is 174 Å². The quantitative estimate of drug-likeness (QED) is 0.445. The third-order valence-corrected chi connectivity index (χ3v) is 5.97. The zero-order valence-corrected chi connectivity index (χ0v) is 16.4. The molecule has 2 aromatic rings. The van der Waals surface area contributed by atoms with E-state index in [1.54, 1.807) is 0 Å². The number of hydrogen-bond acceptors (Lipinski definition) is 4. The molecule has 4 nitrogen and oxygen atoms in total. The first-order valence-corrected chi connectivity index (χ1v) is 9.95. The summed E-state index contributed by atoms with van der Waals surface area (Å²) in [5.74, 6) is -1.37. The summed E-state index contributed by atoms with van der Waals surface area (Å²) in [5, 5.41) is 3.75. The van der Waals surface area contributed by atoms with E-state index < -0.39 is 34.3 Å². The number of benzene rings is 2. The number of halogens is 6. The molecular weight excluding hydrogens is 454 g/mol. The molecule has 12 heteroatoms. The monoisotopic (exact) mass is 466 g/mol. The topological polar surface area (TPSA) is 58.2 Å². The van der Waals surface area contributed by atoms with Gasteiger partial charge in [-0.3, -0.25) is 9.59 Å². The van der Waals surface area contributed by atoms with Gasteiger partial charge in [0.05, 0.1) is 22.2 Å². The molecule has 1 heterocycles. The summed E-state index contributed by atoms with van der Waals surface area (Å²) in [6.45, 7) is 0. The minimum Gasteiger partial charge on any atom is -0.325 e. The van der Waals surface area contributed by atoms with Crippen LogP contribution in [0, 0.1) is 0 Å². The first-order chi connectivity index (χ1) is 13.9. The Morgan fingerprint density at radius 2 is 1.80 bits per heavy atom. The van der Waals surface area contributed by atoms with Gasteiger partial charge in [-0.15, -0.1) is 11.8 Å². The molecule has 1 aliphatic rings. The van der Waals surface area contributed by atoms with Crippen molar-refractivity contribution in [3.8, 4) is 0 Å². The highest BCUT2D eigenvalue weighted by Crippen LogP contribution is 2.42. The summed E-state index contributed by atoms with van der Waals surface area (Å²) in [4.78, 5) is 24.7. The van der Waals surface area contributed by atoms with Crippen molar-refractivity contribution in [3.63, 3.8) is 0 Å². The highest BCUT2D eigenvalue weighted by atomic mass is 32.2. The maximum Gasteiger partial charge on any atom is 0.446 e. The fourth-order valence-corrected chi connectivity index (χ4v) is 4.33. The van der Waals surface area contributed by atoms with Crippen LogP contribution in [0.25, 0.3) is 0 Å². The molecule has 0 aliphatic carbocycles. The molecule has 0 radical (unpaired) electrons. The van der Waals surface area contributed by atoms with Crippen LogP contribution in [-0.2, 0) is 15.8 Å². The average molecular weight is 466 g/mol. The van der Waals surface area contributed by atoms with E-state index in [0.29, 0.717) is 4.90 Å². The molecular formula is C18H12F6N2O2S2. The second-order valence-corrected chi connectivity index (χ2v) is 8.45. The normalized spacial score (nSPS) is 16.6. The van der Waals surface area contributed by atoms with Gasteiger partial charge < -0.3 is 10.6 Å². The molecule has 1 aliphatic heterocycles. The number of thioether (sulfide) groups is 2. The Morgan fingerprint density at radius 1 is 1.10 bits per heavy atom. The third kappa shape index (κ3) is 5.63. The van der Waals surface area contributed by atoms with Gasteiger partial charge in [0.2, 0.25) is 11.8 Å². The van der Waals surface area contributed by atoms with Gasteiger partial charge in [0, 0.05) is 16.2 Å². The van der Waals surface area contributed by atoms with Crippen LogP contribution in [0.2, 0.25) is 0 Å². The van der Waals surface area contributed by atoms with Crippen molar-refractivity contribution < 1.29 is 35.9 Å². The van der Waals surface area contributed by atoms with E-state index in [9.17, 15) is 35.9 Å². The SMILES string of the molecule is O=C(C[C@@H]1Sc2ccc(C(F)(F)F)cc2NC1=O)Nc1ccccc1SC(F)(F)F. The molecule has 0 aromatic heterocycles. The second-order valence-electron chi connectivity index (χ2n) is 6.10. The molecule has 3 rings (SSSR count). The summed E-state index contributed by atoms with van der Waals surface area (Å²) in [6.07, 6.45) is -4.94. The number of amides is 2. The van der Waals surface area contributed by atoms with Gasteiger partial charge in [-0.05, 0) is 42.1 Å². The van der Waals surface area contributed by atoms with Crippen LogP contribution in [0.3, 0.4) is 0 Å². The van der Waals surface area contributed by atoms with Crippen LogP contribution in [-0.4, -0.2) is 22.6 Å². The van der Waals surface area contributed by atoms with Crippen molar-refractivity contribution in [1.29, 1.82) is 0 Å². The Kier molecular flexibility index (Phi) is 6.27. The number of carbonyl (C=O) groups is 2. The van der Waals surface area contributed by atoms with E-state index in [4.69, 9.17) is 0 Å². The van der Waals surface area contributed by atoms with Crippen LogP contribution < -0.4 is 10.6 Å². The standard InChI is InChI=1S/C18H12F6N2O2S2/c19-17(20,21)9-5-6-12-11(7-9)26-16(28)14(29-12)8-15(27)25-10-3-1-2-4-13(10)30-18(22,23)24/h1-7,14H,8H2,(H,25,27)(H,26,28)/t14-/m0/s1. The summed E-state index contributed by atoms with van der Waals surface area (Å²) < 4.78 is 76.4. The summed E-state index contributed by atoms with van der Waals surface area (Å²) >= 11 is 0.531.